The van der Waals surface area contributed by atoms with Crippen LogP contribution >= 0.6 is 11.3 Å². The van der Waals surface area contributed by atoms with Crippen molar-refractivity contribution in [1.82, 2.24) is 4.57 Å². The van der Waals surface area contributed by atoms with E-state index in [0.29, 0.717) is 28.0 Å². The van der Waals surface area contributed by atoms with E-state index in [2.05, 4.69) is 16.3 Å². The zero-order valence-corrected chi connectivity index (χ0v) is 15.6. The van der Waals surface area contributed by atoms with Crippen LogP contribution in [0.2, 0.25) is 0 Å². The minimum absolute atomic E-state index is 0.0422. The smallest absolute Gasteiger partial charge is 0.337 e. The molecule has 0 saturated carbocycles. The number of rotatable bonds is 5. The number of nitrogens with zero attached hydrogens (tertiary/aromatic N) is 3. The summed E-state index contributed by atoms with van der Waals surface area (Å²) in [6.07, 6.45) is 1.62. The SMILES string of the molecule is C=CCn1c(=NC(=O)c2ccc(C(=O)OC)cc2)sc2ccc([N+](=O)[O-])cc21. The predicted molar refractivity (Wildman–Crippen MR) is 104 cm³/mol. The molecule has 3 aromatic rings. The number of benzene rings is 2. The molecule has 1 heterocycles. The minimum atomic E-state index is -0.495. The first-order valence-electron chi connectivity index (χ1n) is 8.10. The van der Waals surface area contributed by atoms with Crippen LogP contribution < -0.4 is 4.80 Å². The van der Waals surface area contributed by atoms with E-state index >= 15 is 0 Å². The van der Waals surface area contributed by atoms with Crippen LogP contribution in [0.1, 0.15) is 20.7 Å². The summed E-state index contributed by atoms with van der Waals surface area (Å²) in [6.45, 7) is 4.03. The fourth-order valence-electron chi connectivity index (χ4n) is 2.58. The van der Waals surface area contributed by atoms with Gasteiger partial charge < -0.3 is 9.30 Å². The molecule has 142 valence electrons. The molecule has 2 aromatic carbocycles. The van der Waals surface area contributed by atoms with Crippen molar-refractivity contribution in [2.75, 3.05) is 7.11 Å². The van der Waals surface area contributed by atoms with E-state index in [9.17, 15) is 19.7 Å². The number of ether oxygens (including phenoxy) is 1. The van der Waals surface area contributed by atoms with Gasteiger partial charge in [-0.3, -0.25) is 14.9 Å². The largest absolute Gasteiger partial charge is 0.465 e. The number of carbonyl (C=O) groups excluding carboxylic acids is 2. The van der Waals surface area contributed by atoms with Gasteiger partial charge >= 0.3 is 5.97 Å². The highest BCUT2D eigenvalue weighted by Crippen LogP contribution is 2.23. The lowest BCUT2D eigenvalue weighted by molar-refractivity contribution is -0.384. The van der Waals surface area contributed by atoms with Gasteiger partial charge in [0.1, 0.15) is 0 Å². The highest BCUT2D eigenvalue weighted by molar-refractivity contribution is 7.16. The fourth-order valence-corrected chi connectivity index (χ4v) is 3.60. The molecule has 1 aromatic heterocycles. The lowest BCUT2D eigenvalue weighted by atomic mass is 10.1. The number of allylic oxidation sites excluding steroid dienone is 1. The van der Waals surface area contributed by atoms with Crippen molar-refractivity contribution in [2.45, 2.75) is 6.54 Å². The number of nitro benzene ring substituents is 1. The second kappa shape index (κ2) is 7.97. The molecule has 1 amide bonds. The van der Waals surface area contributed by atoms with Crippen molar-refractivity contribution in [2.24, 2.45) is 4.99 Å². The molecule has 0 unspecified atom stereocenters. The molecule has 8 nitrogen and oxygen atoms in total. The average molecular weight is 397 g/mol. The van der Waals surface area contributed by atoms with Gasteiger partial charge in [0.15, 0.2) is 4.80 Å². The van der Waals surface area contributed by atoms with E-state index in [0.717, 1.165) is 4.70 Å². The maximum absolute atomic E-state index is 12.5. The molecule has 9 heteroatoms. The van der Waals surface area contributed by atoms with Crippen molar-refractivity contribution in [3.63, 3.8) is 0 Å². The van der Waals surface area contributed by atoms with E-state index in [4.69, 9.17) is 0 Å². The number of nitro groups is 1. The summed E-state index contributed by atoms with van der Waals surface area (Å²) in [5.74, 6) is -0.985. The molecular weight excluding hydrogens is 382 g/mol. The molecule has 0 spiro atoms. The normalized spacial score (nSPS) is 11.4. The zero-order chi connectivity index (χ0) is 20.3. The summed E-state index contributed by atoms with van der Waals surface area (Å²) >= 11 is 1.25. The molecule has 0 aliphatic heterocycles. The summed E-state index contributed by atoms with van der Waals surface area (Å²) in [4.78, 5) is 39.2. The third-order valence-corrected chi connectivity index (χ3v) is 5.00. The Morgan fingerprint density at radius 3 is 2.54 bits per heavy atom. The zero-order valence-electron chi connectivity index (χ0n) is 14.8. The molecule has 3 rings (SSSR count). The Bertz CT molecular complexity index is 1160. The first-order chi connectivity index (χ1) is 13.4. The third-order valence-electron chi connectivity index (χ3n) is 3.94. The molecule has 0 aliphatic carbocycles. The van der Waals surface area contributed by atoms with Crippen molar-refractivity contribution in [3.05, 3.63) is 81.2 Å². The van der Waals surface area contributed by atoms with Gasteiger partial charge in [-0.2, -0.15) is 4.99 Å². The number of esters is 1. The molecule has 0 aliphatic rings. The number of non-ortho nitro benzene ring substituents is 1. The Labute approximate surface area is 163 Å². The van der Waals surface area contributed by atoms with E-state index < -0.39 is 16.8 Å². The van der Waals surface area contributed by atoms with Crippen LogP contribution in [0.5, 0.6) is 0 Å². The van der Waals surface area contributed by atoms with Crippen LogP contribution in [0.4, 0.5) is 5.69 Å². The number of amides is 1. The summed E-state index contributed by atoms with van der Waals surface area (Å²) in [6, 6.07) is 10.5. The highest BCUT2D eigenvalue weighted by atomic mass is 32.1. The average Bonchev–Trinajstić information content (AvgIpc) is 3.04. The molecule has 0 saturated heterocycles. The van der Waals surface area contributed by atoms with Gasteiger partial charge in [0.25, 0.3) is 11.6 Å². The lowest BCUT2D eigenvalue weighted by Gasteiger charge is -2.02. The molecule has 0 N–H and O–H groups in total. The second-order valence-corrected chi connectivity index (χ2v) is 6.69. The van der Waals surface area contributed by atoms with Crippen LogP contribution in [-0.4, -0.2) is 28.5 Å². The number of carbonyl (C=O) groups is 2. The quantitative estimate of drug-likeness (QED) is 0.284. The molecule has 0 bridgehead atoms. The second-order valence-electron chi connectivity index (χ2n) is 5.68. The number of thiazole rings is 1. The van der Waals surface area contributed by atoms with Crippen LogP contribution in [0.15, 0.2) is 60.1 Å². The van der Waals surface area contributed by atoms with E-state index in [1.54, 1.807) is 16.7 Å². The van der Waals surface area contributed by atoms with Crippen LogP contribution in [0.25, 0.3) is 10.2 Å². The van der Waals surface area contributed by atoms with Gasteiger partial charge in [0, 0.05) is 24.2 Å². The summed E-state index contributed by atoms with van der Waals surface area (Å²) in [5.41, 5.74) is 1.20. The molecule has 0 atom stereocenters. The number of hydrogen-bond acceptors (Lipinski definition) is 6. The maximum atomic E-state index is 12.5. The Morgan fingerprint density at radius 1 is 1.25 bits per heavy atom. The van der Waals surface area contributed by atoms with Gasteiger partial charge in [0.2, 0.25) is 0 Å². The fraction of sp³-hybridized carbons (Fsp3) is 0.105. The van der Waals surface area contributed by atoms with Crippen molar-refractivity contribution in [3.8, 4) is 0 Å². The van der Waals surface area contributed by atoms with E-state index in [-0.39, 0.29) is 5.69 Å². The van der Waals surface area contributed by atoms with Gasteiger partial charge in [0.05, 0.1) is 27.8 Å². The van der Waals surface area contributed by atoms with Crippen LogP contribution in [0.3, 0.4) is 0 Å². The highest BCUT2D eigenvalue weighted by Gasteiger charge is 2.13. The predicted octanol–water partition coefficient (Wildman–Crippen LogP) is 3.32. The number of methoxy groups -OCH3 is 1. The van der Waals surface area contributed by atoms with Gasteiger partial charge in [-0.25, -0.2) is 4.79 Å². The van der Waals surface area contributed by atoms with Crippen molar-refractivity contribution in [1.29, 1.82) is 0 Å². The van der Waals surface area contributed by atoms with Gasteiger partial charge in [-0.1, -0.05) is 17.4 Å². The minimum Gasteiger partial charge on any atom is -0.465 e. The van der Waals surface area contributed by atoms with E-state index in [1.165, 1.54) is 54.8 Å². The van der Waals surface area contributed by atoms with Gasteiger partial charge in [-0.05, 0) is 30.3 Å². The Kier molecular flexibility index (Phi) is 5.46. The monoisotopic (exact) mass is 397 g/mol. The maximum Gasteiger partial charge on any atom is 0.337 e. The first kappa shape index (κ1) is 19.2. The number of aromatic nitrogens is 1. The van der Waals surface area contributed by atoms with E-state index in [1.807, 2.05) is 0 Å². The van der Waals surface area contributed by atoms with Crippen LogP contribution in [-0.2, 0) is 11.3 Å². The Morgan fingerprint density at radius 2 is 1.93 bits per heavy atom. The Hall–Kier alpha value is -3.59. The molecule has 0 fully saturated rings. The first-order valence-corrected chi connectivity index (χ1v) is 8.92. The van der Waals surface area contributed by atoms with Crippen molar-refractivity contribution < 1.29 is 19.2 Å². The number of fused-ring (bicyclic) bond motifs is 1. The molecule has 28 heavy (non-hydrogen) atoms. The van der Waals surface area contributed by atoms with Crippen molar-refractivity contribution >= 4 is 39.1 Å². The standard InChI is InChI=1S/C19H15N3O5S/c1-3-10-21-15-11-14(22(25)26)8-9-16(15)28-19(21)20-17(23)12-4-6-13(7-5-12)18(24)27-2/h3-9,11H,1,10H2,2H3. The third kappa shape index (κ3) is 3.74. The summed E-state index contributed by atoms with van der Waals surface area (Å²) in [5, 5.41) is 11.0. The summed E-state index contributed by atoms with van der Waals surface area (Å²) < 4.78 is 7.09. The molecule has 0 radical (unpaired) electrons. The number of hydrogen-bond donors (Lipinski definition) is 0. The summed E-state index contributed by atoms with van der Waals surface area (Å²) in [7, 11) is 1.28. The topological polar surface area (TPSA) is 104 Å². The van der Waals surface area contributed by atoms with Crippen LogP contribution in [0, 0.1) is 10.1 Å². The molecular formula is C19H15N3O5S. The van der Waals surface area contributed by atoms with Gasteiger partial charge in [-0.15, -0.1) is 6.58 Å². The lowest BCUT2D eigenvalue weighted by Crippen LogP contribution is -2.16. The Balaban J connectivity index is 2.06.